The second-order valence-corrected chi connectivity index (χ2v) is 10.9. The first-order valence-corrected chi connectivity index (χ1v) is 13.0. The van der Waals surface area contributed by atoms with Gasteiger partial charge in [-0.2, -0.15) is 0 Å². The average molecular weight is 534 g/mol. The fourth-order valence-corrected chi connectivity index (χ4v) is 3.89. The molecule has 0 unspecified atom stereocenters. The lowest BCUT2D eigenvalue weighted by molar-refractivity contribution is 0.215. The van der Waals surface area contributed by atoms with E-state index in [0.717, 1.165) is 11.8 Å². The van der Waals surface area contributed by atoms with E-state index in [9.17, 15) is 18.0 Å². The zero-order valence-electron chi connectivity index (χ0n) is 20.6. The van der Waals surface area contributed by atoms with Gasteiger partial charge >= 0.3 is 11.5 Å². The van der Waals surface area contributed by atoms with Gasteiger partial charge in [-0.1, -0.05) is 57.2 Å². The summed E-state index contributed by atoms with van der Waals surface area (Å²) in [5.74, 6) is 0.910. The summed E-state index contributed by atoms with van der Waals surface area (Å²) in [6.45, 7) is 5.85. The summed E-state index contributed by atoms with van der Waals surface area (Å²) in [7, 11) is -2.21. The van der Waals surface area contributed by atoms with Gasteiger partial charge < -0.3 is 14.2 Å². The Morgan fingerprint density at radius 1 is 0.861 bits per heavy atom. The predicted octanol–water partition coefficient (Wildman–Crippen LogP) is 6.43. The Morgan fingerprint density at radius 3 is 1.78 bits per heavy atom. The molecule has 3 aromatic carbocycles. The monoisotopic (exact) mass is 533 g/mol. The fraction of sp³-hybridized carbons (Fsp3) is 0.231. The number of halogens is 1. The molecule has 0 fully saturated rings. The van der Waals surface area contributed by atoms with E-state index in [4.69, 9.17) is 21.1 Å². The van der Waals surface area contributed by atoms with Gasteiger partial charge in [-0.3, -0.25) is 5.32 Å². The number of benzene rings is 3. The van der Waals surface area contributed by atoms with Gasteiger partial charge in [0, 0.05) is 17.9 Å². The van der Waals surface area contributed by atoms with Crippen molar-refractivity contribution in [2.75, 3.05) is 18.7 Å². The highest BCUT2D eigenvalue weighted by Gasteiger charge is 2.25. The second-order valence-electron chi connectivity index (χ2n) is 8.56. The number of anilines is 1. The summed E-state index contributed by atoms with van der Waals surface area (Å²) < 4.78 is 39.4. The summed E-state index contributed by atoms with van der Waals surface area (Å²) in [6.07, 6.45) is 0.364. The molecular formula is C26H28ClNO7S. The Hall–Kier alpha value is -3.56. The standard InChI is InChI=1S/C19H23NO5S.C7H5ClO2/c1-19(2,3)13-11-15(17(24-4)16(12-13)26(5,22)23)20-18(21)25-14-9-7-6-8-10-14;8-7(9)10-6-4-2-1-3-5-6/h6-12H,1-5H3,(H,20,21);1-5H. The topological polar surface area (TPSA) is 108 Å². The van der Waals surface area contributed by atoms with Gasteiger partial charge in [0.1, 0.15) is 16.4 Å². The third-order valence-corrected chi connectivity index (χ3v) is 5.84. The van der Waals surface area contributed by atoms with Crippen LogP contribution in [0.5, 0.6) is 17.2 Å². The second kappa shape index (κ2) is 12.4. The van der Waals surface area contributed by atoms with Crippen molar-refractivity contribution >= 4 is 38.6 Å². The molecule has 0 bridgehead atoms. The first-order chi connectivity index (χ1) is 16.8. The molecule has 0 aromatic heterocycles. The van der Waals surface area contributed by atoms with E-state index in [1.807, 2.05) is 26.8 Å². The van der Waals surface area contributed by atoms with Gasteiger partial charge in [0.2, 0.25) is 0 Å². The molecule has 0 saturated heterocycles. The molecule has 1 amide bonds. The number of carbonyl (C=O) groups excluding carboxylic acids is 2. The summed E-state index contributed by atoms with van der Waals surface area (Å²) in [6, 6.07) is 20.5. The van der Waals surface area contributed by atoms with Gasteiger partial charge in [0.05, 0.1) is 12.8 Å². The first kappa shape index (κ1) is 28.7. The lowest BCUT2D eigenvalue weighted by atomic mass is 9.86. The molecule has 0 radical (unpaired) electrons. The number of methoxy groups -OCH3 is 1. The van der Waals surface area contributed by atoms with Crippen molar-refractivity contribution in [3.05, 3.63) is 78.4 Å². The zero-order valence-corrected chi connectivity index (χ0v) is 22.1. The quantitative estimate of drug-likeness (QED) is 0.376. The average Bonchev–Trinajstić information content (AvgIpc) is 2.78. The number of rotatable bonds is 5. The van der Waals surface area contributed by atoms with Gasteiger partial charge in [-0.05, 0) is 47.4 Å². The van der Waals surface area contributed by atoms with Crippen molar-refractivity contribution in [2.45, 2.75) is 31.1 Å². The molecule has 3 aromatic rings. The van der Waals surface area contributed by atoms with Crippen molar-refractivity contribution in [1.29, 1.82) is 0 Å². The molecule has 0 aliphatic carbocycles. The van der Waals surface area contributed by atoms with E-state index in [1.165, 1.54) is 7.11 Å². The van der Waals surface area contributed by atoms with Crippen LogP contribution in [0.3, 0.4) is 0 Å². The minimum Gasteiger partial charge on any atom is -0.493 e. The van der Waals surface area contributed by atoms with Gasteiger partial charge in [-0.15, -0.1) is 0 Å². The Balaban J connectivity index is 0.000000380. The molecule has 0 aliphatic heterocycles. The van der Waals surface area contributed by atoms with Crippen LogP contribution in [0.25, 0.3) is 0 Å². The van der Waals surface area contributed by atoms with Crippen LogP contribution in [0.1, 0.15) is 26.3 Å². The Morgan fingerprint density at radius 2 is 1.36 bits per heavy atom. The summed E-state index contributed by atoms with van der Waals surface area (Å²) in [5, 5.41) is 2.58. The van der Waals surface area contributed by atoms with Crippen LogP contribution in [-0.2, 0) is 15.3 Å². The first-order valence-electron chi connectivity index (χ1n) is 10.7. The molecule has 192 valence electrons. The number of nitrogens with one attached hydrogen (secondary N) is 1. The lowest BCUT2D eigenvalue weighted by Gasteiger charge is -2.23. The number of sulfone groups is 1. The largest absolute Gasteiger partial charge is 0.493 e. The number of para-hydroxylation sites is 2. The Kier molecular flexibility index (Phi) is 9.89. The highest BCUT2D eigenvalue weighted by molar-refractivity contribution is 7.90. The predicted molar refractivity (Wildman–Crippen MR) is 139 cm³/mol. The van der Waals surface area contributed by atoms with Crippen LogP contribution in [0.15, 0.2) is 77.7 Å². The highest BCUT2D eigenvalue weighted by atomic mass is 35.5. The van der Waals surface area contributed by atoms with Crippen LogP contribution in [0.4, 0.5) is 15.3 Å². The van der Waals surface area contributed by atoms with E-state index in [2.05, 4.69) is 10.1 Å². The molecule has 0 atom stereocenters. The molecule has 0 heterocycles. The number of hydrogen-bond acceptors (Lipinski definition) is 7. The molecule has 10 heteroatoms. The van der Waals surface area contributed by atoms with E-state index in [0.29, 0.717) is 11.5 Å². The van der Waals surface area contributed by atoms with Crippen molar-refractivity contribution in [1.82, 2.24) is 0 Å². The van der Waals surface area contributed by atoms with E-state index >= 15 is 0 Å². The van der Waals surface area contributed by atoms with Crippen molar-refractivity contribution in [2.24, 2.45) is 0 Å². The van der Waals surface area contributed by atoms with E-state index < -0.39 is 21.4 Å². The minimum absolute atomic E-state index is 0.0161. The summed E-state index contributed by atoms with van der Waals surface area (Å²) in [5.41, 5.74) is -0.160. The van der Waals surface area contributed by atoms with Crippen molar-refractivity contribution < 1.29 is 32.2 Å². The van der Waals surface area contributed by atoms with Crippen LogP contribution in [0, 0.1) is 0 Å². The Labute approximate surface area is 216 Å². The zero-order chi connectivity index (χ0) is 26.9. The Bertz CT molecular complexity index is 1290. The number of amides is 1. The van der Waals surface area contributed by atoms with Crippen LogP contribution < -0.4 is 19.5 Å². The summed E-state index contributed by atoms with van der Waals surface area (Å²) >= 11 is 4.95. The maximum Gasteiger partial charge on any atom is 0.417 e. The highest BCUT2D eigenvalue weighted by Crippen LogP contribution is 2.37. The van der Waals surface area contributed by atoms with E-state index in [1.54, 1.807) is 66.7 Å². The van der Waals surface area contributed by atoms with Crippen LogP contribution in [-0.4, -0.2) is 33.3 Å². The molecule has 3 rings (SSSR count). The van der Waals surface area contributed by atoms with Gasteiger partial charge in [0.15, 0.2) is 15.6 Å². The van der Waals surface area contributed by atoms with Gasteiger partial charge in [-0.25, -0.2) is 18.0 Å². The number of carbonyl (C=O) groups is 2. The molecule has 1 N–H and O–H groups in total. The molecule has 36 heavy (non-hydrogen) atoms. The van der Waals surface area contributed by atoms with Crippen molar-refractivity contribution in [3.8, 4) is 17.2 Å². The smallest absolute Gasteiger partial charge is 0.417 e. The van der Waals surface area contributed by atoms with Gasteiger partial charge in [0.25, 0.3) is 0 Å². The van der Waals surface area contributed by atoms with Crippen molar-refractivity contribution in [3.63, 3.8) is 0 Å². The maximum atomic E-state index is 12.2. The molecular weight excluding hydrogens is 506 g/mol. The SMILES string of the molecule is COc1c(NC(=O)Oc2ccccc2)cc(C(C)(C)C)cc1S(C)(=O)=O.O=C(Cl)Oc1ccccc1. The van der Waals surface area contributed by atoms with E-state index in [-0.39, 0.29) is 21.7 Å². The number of ether oxygens (including phenoxy) is 3. The maximum absolute atomic E-state index is 12.2. The summed E-state index contributed by atoms with van der Waals surface area (Å²) in [4.78, 5) is 22.4. The fourth-order valence-electron chi connectivity index (χ4n) is 2.93. The van der Waals surface area contributed by atoms with Crippen LogP contribution in [0.2, 0.25) is 0 Å². The third kappa shape index (κ3) is 8.90. The third-order valence-electron chi connectivity index (χ3n) is 4.66. The van der Waals surface area contributed by atoms with Crippen LogP contribution >= 0.6 is 11.6 Å². The molecule has 0 aliphatic rings. The number of hydrogen-bond donors (Lipinski definition) is 1. The molecule has 0 saturated carbocycles. The molecule has 8 nitrogen and oxygen atoms in total. The minimum atomic E-state index is -3.56. The normalized spacial score (nSPS) is 10.9. The molecule has 0 spiro atoms. The lowest BCUT2D eigenvalue weighted by Crippen LogP contribution is -2.20.